The van der Waals surface area contributed by atoms with Crippen molar-refractivity contribution in [3.05, 3.63) is 0 Å². The maximum absolute atomic E-state index is 12.2. The summed E-state index contributed by atoms with van der Waals surface area (Å²) in [7, 11) is 0. The Labute approximate surface area is 110 Å². The third kappa shape index (κ3) is 5.63. The van der Waals surface area contributed by atoms with Gasteiger partial charge in [-0.2, -0.15) is 0 Å². The summed E-state index contributed by atoms with van der Waals surface area (Å²) in [4.78, 5) is 24.0. The molecular weight excluding hydrogens is 232 g/mol. The van der Waals surface area contributed by atoms with Gasteiger partial charge in [-0.15, -0.1) is 0 Å². The summed E-state index contributed by atoms with van der Waals surface area (Å²) in [5.41, 5.74) is -0.579. The molecule has 4 nitrogen and oxygen atoms in total. The van der Waals surface area contributed by atoms with Crippen LogP contribution < -0.4 is 0 Å². The second-order valence-corrected chi connectivity index (χ2v) is 5.78. The molecule has 0 heterocycles. The molecule has 0 aromatic heterocycles. The SMILES string of the molecule is CCOC(C(=O)C(C)C(=O)OC(C)(C)C)C(C)C. The number of carbonyl (C=O) groups excluding carboxylic acids is 2. The number of Topliss-reactive ketones (excluding diaryl/α,β-unsaturated/α-hetero) is 1. The quantitative estimate of drug-likeness (QED) is 0.543. The van der Waals surface area contributed by atoms with Gasteiger partial charge in [0.1, 0.15) is 17.6 Å². The standard InChI is InChI=1S/C14H26O4/c1-8-17-12(9(2)3)11(15)10(4)13(16)18-14(5,6)7/h9-10,12H,8H2,1-7H3. The van der Waals surface area contributed by atoms with Crippen LogP contribution in [0.1, 0.15) is 48.5 Å². The largest absolute Gasteiger partial charge is 0.459 e. The Kier molecular flexibility index (Phi) is 6.54. The highest BCUT2D eigenvalue weighted by Crippen LogP contribution is 2.17. The molecule has 0 aliphatic heterocycles. The van der Waals surface area contributed by atoms with Crippen LogP contribution in [0.15, 0.2) is 0 Å². The smallest absolute Gasteiger partial charge is 0.316 e. The van der Waals surface area contributed by atoms with Gasteiger partial charge in [-0.25, -0.2) is 0 Å². The summed E-state index contributed by atoms with van der Waals surface area (Å²) >= 11 is 0. The van der Waals surface area contributed by atoms with Gasteiger partial charge in [-0.3, -0.25) is 9.59 Å². The van der Waals surface area contributed by atoms with Crippen molar-refractivity contribution in [3.63, 3.8) is 0 Å². The van der Waals surface area contributed by atoms with E-state index in [9.17, 15) is 9.59 Å². The van der Waals surface area contributed by atoms with E-state index in [0.29, 0.717) is 6.61 Å². The van der Waals surface area contributed by atoms with Crippen molar-refractivity contribution in [2.45, 2.75) is 60.2 Å². The van der Waals surface area contributed by atoms with Gasteiger partial charge in [0.15, 0.2) is 5.78 Å². The number of ketones is 1. The van der Waals surface area contributed by atoms with Gasteiger partial charge in [-0.1, -0.05) is 13.8 Å². The van der Waals surface area contributed by atoms with E-state index in [0.717, 1.165) is 0 Å². The minimum absolute atomic E-state index is 0.0438. The molecule has 2 atom stereocenters. The van der Waals surface area contributed by atoms with Crippen LogP contribution in [-0.2, 0) is 19.1 Å². The Hall–Kier alpha value is -0.900. The van der Waals surface area contributed by atoms with Gasteiger partial charge in [0.25, 0.3) is 0 Å². The fourth-order valence-corrected chi connectivity index (χ4v) is 1.54. The maximum atomic E-state index is 12.2. The van der Waals surface area contributed by atoms with Crippen LogP contribution in [-0.4, -0.2) is 30.1 Å². The van der Waals surface area contributed by atoms with E-state index in [-0.39, 0.29) is 11.7 Å². The van der Waals surface area contributed by atoms with Crippen LogP contribution in [0.4, 0.5) is 0 Å². The van der Waals surface area contributed by atoms with Crippen molar-refractivity contribution in [2.24, 2.45) is 11.8 Å². The Balaban J connectivity index is 4.70. The van der Waals surface area contributed by atoms with Crippen molar-refractivity contribution in [3.8, 4) is 0 Å². The Morgan fingerprint density at radius 3 is 1.94 bits per heavy atom. The second-order valence-electron chi connectivity index (χ2n) is 5.78. The first kappa shape index (κ1) is 17.1. The summed E-state index contributed by atoms with van der Waals surface area (Å²) in [6.45, 7) is 13.0. The highest BCUT2D eigenvalue weighted by Gasteiger charge is 2.33. The first-order valence-corrected chi connectivity index (χ1v) is 6.48. The Morgan fingerprint density at radius 1 is 1.11 bits per heavy atom. The molecule has 0 aliphatic carbocycles. The first-order chi connectivity index (χ1) is 8.10. The lowest BCUT2D eigenvalue weighted by Gasteiger charge is -2.25. The predicted molar refractivity (Wildman–Crippen MR) is 70.3 cm³/mol. The van der Waals surface area contributed by atoms with Crippen molar-refractivity contribution in [1.82, 2.24) is 0 Å². The van der Waals surface area contributed by atoms with Crippen LogP contribution >= 0.6 is 0 Å². The number of esters is 1. The molecule has 0 amide bonds. The minimum atomic E-state index is -0.789. The number of hydrogen-bond acceptors (Lipinski definition) is 4. The molecule has 0 N–H and O–H groups in total. The highest BCUT2D eigenvalue weighted by molar-refractivity contribution is 6.01. The summed E-state index contributed by atoms with van der Waals surface area (Å²) in [6.07, 6.45) is -0.544. The van der Waals surface area contributed by atoms with Crippen LogP contribution in [0.5, 0.6) is 0 Å². The molecule has 0 aromatic rings. The molecule has 0 spiro atoms. The zero-order valence-corrected chi connectivity index (χ0v) is 12.6. The molecule has 18 heavy (non-hydrogen) atoms. The average Bonchev–Trinajstić information content (AvgIpc) is 2.21. The van der Waals surface area contributed by atoms with Crippen molar-refractivity contribution >= 4 is 11.8 Å². The topological polar surface area (TPSA) is 52.6 Å². The first-order valence-electron chi connectivity index (χ1n) is 6.48. The zero-order valence-electron chi connectivity index (χ0n) is 12.6. The summed E-state index contributed by atoms with van der Waals surface area (Å²) in [6, 6.07) is 0. The molecule has 0 fully saturated rings. The lowest BCUT2D eigenvalue weighted by Crippen LogP contribution is -2.39. The van der Waals surface area contributed by atoms with Crippen molar-refractivity contribution in [2.75, 3.05) is 6.61 Å². The maximum Gasteiger partial charge on any atom is 0.316 e. The van der Waals surface area contributed by atoms with E-state index in [2.05, 4.69) is 0 Å². The monoisotopic (exact) mass is 258 g/mol. The van der Waals surface area contributed by atoms with E-state index < -0.39 is 23.6 Å². The van der Waals surface area contributed by atoms with Gasteiger partial charge >= 0.3 is 5.97 Å². The zero-order chi connectivity index (χ0) is 14.5. The highest BCUT2D eigenvalue weighted by atomic mass is 16.6. The van der Waals surface area contributed by atoms with Gasteiger partial charge in [0, 0.05) is 6.61 Å². The fourth-order valence-electron chi connectivity index (χ4n) is 1.54. The van der Waals surface area contributed by atoms with Crippen LogP contribution in [0.25, 0.3) is 0 Å². The lowest BCUT2D eigenvalue weighted by atomic mass is 9.94. The van der Waals surface area contributed by atoms with E-state index in [1.165, 1.54) is 0 Å². The molecule has 0 radical (unpaired) electrons. The normalized spacial score (nSPS) is 15.3. The third-order valence-corrected chi connectivity index (χ3v) is 2.42. The van der Waals surface area contributed by atoms with Crippen molar-refractivity contribution < 1.29 is 19.1 Å². The summed E-state index contributed by atoms with van der Waals surface area (Å²) in [5, 5.41) is 0. The van der Waals surface area contributed by atoms with Gasteiger partial charge < -0.3 is 9.47 Å². The predicted octanol–water partition coefficient (Wildman–Crippen LogP) is 2.59. The summed E-state index contributed by atoms with van der Waals surface area (Å²) in [5.74, 6) is -1.44. The molecule has 0 saturated carbocycles. The van der Waals surface area contributed by atoms with E-state index in [1.54, 1.807) is 27.7 Å². The Morgan fingerprint density at radius 2 is 1.61 bits per heavy atom. The molecule has 0 bridgehead atoms. The van der Waals surface area contributed by atoms with Gasteiger partial charge in [-0.05, 0) is 40.5 Å². The van der Waals surface area contributed by atoms with Gasteiger partial charge in [0.2, 0.25) is 0 Å². The summed E-state index contributed by atoms with van der Waals surface area (Å²) < 4.78 is 10.6. The molecule has 106 valence electrons. The molecule has 2 unspecified atom stereocenters. The van der Waals surface area contributed by atoms with Crippen LogP contribution in [0, 0.1) is 11.8 Å². The average molecular weight is 258 g/mol. The number of ether oxygens (including phenoxy) is 2. The number of hydrogen-bond donors (Lipinski definition) is 0. The van der Waals surface area contributed by atoms with Crippen LogP contribution in [0.2, 0.25) is 0 Å². The van der Waals surface area contributed by atoms with E-state index in [1.807, 2.05) is 20.8 Å². The molecule has 0 aromatic carbocycles. The van der Waals surface area contributed by atoms with E-state index >= 15 is 0 Å². The second kappa shape index (κ2) is 6.88. The van der Waals surface area contributed by atoms with E-state index in [4.69, 9.17) is 9.47 Å². The lowest BCUT2D eigenvalue weighted by molar-refractivity contribution is -0.164. The number of rotatable bonds is 6. The van der Waals surface area contributed by atoms with Gasteiger partial charge in [0.05, 0.1) is 0 Å². The molecule has 0 rings (SSSR count). The minimum Gasteiger partial charge on any atom is -0.459 e. The number of carbonyl (C=O) groups is 2. The molecule has 0 aliphatic rings. The molecule has 0 saturated heterocycles. The Bertz CT molecular complexity index is 289. The molecular formula is C14H26O4. The van der Waals surface area contributed by atoms with Crippen molar-refractivity contribution in [1.29, 1.82) is 0 Å². The fraction of sp³-hybridized carbons (Fsp3) is 0.857. The van der Waals surface area contributed by atoms with Crippen LogP contribution in [0.3, 0.4) is 0 Å². The molecule has 4 heteroatoms. The third-order valence-electron chi connectivity index (χ3n) is 2.42.